The van der Waals surface area contributed by atoms with Gasteiger partial charge in [-0.2, -0.15) is 0 Å². The van der Waals surface area contributed by atoms with E-state index in [0.29, 0.717) is 46.0 Å². The van der Waals surface area contributed by atoms with Gasteiger partial charge in [0.15, 0.2) is 16.7 Å². The quantitative estimate of drug-likeness (QED) is 0.779. The fraction of sp³-hybridized carbons (Fsp3) is 0.389. The number of nitrogens with zero attached hydrogens (tertiary/aromatic N) is 2. The van der Waals surface area contributed by atoms with E-state index in [9.17, 15) is 9.59 Å². The second-order valence-electron chi connectivity index (χ2n) is 6.05. The summed E-state index contributed by atoms with van der Waals surface area (Å²) < 4.78 is 17.5. The van der Waals surface area contributed by atoms with Gasteiger partial charge in [-0.15, -0.1) is 0 Å². The molecule has 0 fully saturated rings. The molecule has 0 aliphatic carbocycles. The van der Waals surface area contributed by atoms with Crippen LogP contribution in [0.4, 0.5) is 5.69 Å². The lowest BCUT2D eigenvalue weighted by Crippen LogP contribution is -2.37. The highest BCUT2D eigenvalue weighted by atomic mass is 32.2. The van der Waals surface area contributed by atoms with Crippen LogP contribution in [0.25, 0.3) is 0 Å². The van der Waals surface area contributed by atoms with Gasteiger partial charge in [-0.1, -0.05) is 11.8 Å². The van der Waals surface area contributed by atoms with Crippen molar-refractivity contribution in [2.75, 3.05) is 32.4 Å². The second-order valence-corrected chi connectivity index (χ2v) is 7.04. The molecule has 1 aromatic heterocycles. The van der Waals surface area contributed by atoms with Gasteiger partial charge in [-0.25, -0.2) is 4.98 Å². The molecule has 3 rings (SSSR count). The molecule has 0 radical (unpaired) electrons. The Kier molecular flexibility index (Phi) is 5.59. The molecule has 0 bridgehead atoms. The Bertz CT molecular complexity index is 903. The maximum atomic E-state index is 12.8. The van der Waals surface area contributed by atoms with Crippen LogP contribution in [-0.4, -0.2) is 42.5 Å². The minimum atomic E-state index is -0.358. The molecule has 8 nitrogen and oxygen atoms in total. The molecular weight excluding hydrogens is 370 g/mol. The number of hydrogen-bond acceptors (Lipinski definition) is 7. The van der Waals surface area contributed by atoms with Gasteiger partial charge < -0.3 is 19.5 Å². The third-order valence-electron chi connectivity index (χ3n) is 4.30. The fourth-order valence-electron chi connectivity index (χ4n) is 2.86. The van der Waals surface area contributed by atoms with E-state index >= 15 is 0 Å². The van der Waals surface area contributed by atoms with Crippen LogP contribution in [0.2, 0.25) is 0 Å². The number of benzene rings is 1. The van der Waals surface area contributed by atoms with Gasteiger partial charge >= 0.3 is 0 Å². The van der Waals surface area contributed by atoms with Gasteiger partial charge in [-0.3, -0.25) is 14.2 Å². The summed E-state index contributed by atoms with van der Waals surface area (Å²) in [5.41, 5.74) is 0.975. The molecule has 144 valence electrons. The lowest BCUT2D eigenvalue weighted by Gasteiger charge is -2.24. The van der Waals surface area contributed by atoms with Crippen LogP contribution >= 0.6 is 11.8 Å². The predicted molar refractivity (Wildman–Crippen MR) is 102 cm³/mol. The monoisotopic (exact) mass is 391 g/mol. The number of nitrogens with one attached hydrogen (secondary N) is 1. The molecule has 0 saturated carbocycles. The molecule has 0 saturated heterocycles. The summed E-state index contributed by atoms with van der Waals surface area (Å²) in [7, 11) is 4.54. The van der Waals surface area contributed by atoms with E-state index in [0.717, 1.165) is 0 Å². The number of ether oxygens (including phenoxy) is 3. The van der Waals surface area contributed by atoms with Crippen molar-refractivity contribution in [1.29, 1.82) is 0 Å². The van der Waals surface area contributed by atoms with E-state index in [2.05, 4.69) is 10.3 Å². The Hall–Kier alpha value is -2.68. The number of carbonyl (C=O) groups excluding carboxylic acids is 1. The van der Waals surface area contributed by atoms with E-state index in [1.165, 1.54) is 33.1 Å². The number of carbonyl (C=O) groups is 1. The van der Waals surface area contributed by atoms with Gasteiger partial charge in [0.25, 0.3) is 5.56 Å². The summed E-state index contributed by atoms with van der Waals surface area (Å²) in [4.78, 5) is 29.3. The van der Waals surface area contributed by atoms with Crippen molar-refractivity contribution in [3.05, 3.63) is 34.2 Å². The highest BCUT2D eigenvalue weighted by molar-refractivity contribution is 7.99. The van der Waals surface area contributed by atoms with Gasteiger partial charge in [-0.05, 0) is 6.92 Å². The van der Waals surface area contributed by atoms with Crippen molar-refractivity contribution >= 4 is 23.4 Å². The largest absolute Gasteiger partial charge is 0.493 e. The third-order valence-corrected chi connectivity index (χ3v) is 5.45. The zero-order valence-corrected chi connectivity index (χ0v) is 16.4. The van der Waals surface area contributed by atoms with Crippen molar-refractivity contribution in [1.82, 2.24) is 9.55 Å². The lowest BCUT2D eigenvalue weighted by molar-refractivity contribution is -0.119. The van der Waals surface area contributed by atoms with Gasteiger partial charge in [0, 0.05) is 41.9 Å². The first-order chi connectivity index (χ1) is 13.0. The molecule has 1 N–H and O–H groups in total. The number of aryl methyl sites for hydroxylation is 1. The Labute approximate surface area is 160 Å². The van der Waals surface area contributed by atoms with Gasteiger partial charge in [0.1, 0.15) is 0 Å². The first-order valence-corrected chi connectivity index (χ1v) is 9.27. The first-order valence-electron chi connectivity index (χ1n) is 8.28. The molecular formula is C18H21N3O5S. The number of anilines is 1. The number of aromatic nitrogens is 2. The molecule has 1 unspecified atom stereocenters. The summed E-state index contributed by atoms with van der Waals surface area (Å²) in [6.07, 6.45) is 1.57. The highest BCUT2D eigenvalue weighted by Gasteiger charge is 2.27. The summed E-state index contributed by atoms with van der Waals surface area (Å²) >= 11 is 1.40. The maximum Gasteiger partial charge on any atom is 0.257 e. The van der Waals surface area contributed by atoms with Crippen molar-refractivity contribution in [2.45, 2.75) is 18.6 Å². The number of thioether (sulfide) groups is 1. The van der Waals surface area contributed by atoms with Crippen molar-refractivity contribution < 1.29 is 19.0 Å². The van der Waals surface area contributed by atoms with Crippen LogP contribution in [0, 0.1) is 12.8 Å². The molecule has 0 spiro atoms. The fourth-order valence-corrected chi connectivity index (χ4v) is 3.90. The maximum absolute atomic E-state index is 12.8. The van der Waals surface area contributed by atoms with Crippen molar-refractivity contribution in [2.24, 2.45) is 5.92 Å². The van der Waals surface area contributed by atoms with Crippen molar-refractivity contribution in [3.8, 4) is 17.2 Å². The van der Waals surface area contributed by atoms with E-state index in [1.807, 2.05) is 0 Å². The predicted octanol–water partition coefficient (Wildman–Crippen LogP) is 1.94. The van der Waals surface area contributed by atoms with E-state index in [-0.39, 0.29) is 17.4 Å². The van der Waals surface area contributed by atoms with E-state index < -0.39 is 0 Å². The molecule has 1 aliphatic heterocycles. The van der Waals surface area contributed by atoms with Crippen LogP contribution < -0.4 is 25.1 Å². The lowest BCUT2D eigenvalue weighted by atomic mass is 10.1. The molecule has 1 aliphatic rings. The normalized spacial score (nSPS) is 15.6. The van der Waals surface area contributed by atoms with Crippen LogP contribution in [-0.2, 0) is 11.3 Å². The summed E-state index contributed by atoms with van der Waals surface area (Å²) in [5.74, 6) is 1.36. The highest BCUT2D eigenvalue weighted by Crippen LogP contribution is 2.40. The second kappa shape index (κ2) is 7.91. The Morgan fingerprint density at radius 1 is 1.22 bits per heavy atom. The van der Waals surface area contributed by atoms with E-state index in [4.69, 9.17) is 14.2 Å². The van der Waals surface area contributed by atoms with Crippen LogP contribution in [0.5, 0.6) is 17.2 Å². The Morgan fingerprint density at radius 2 is 1.89 bits per heavy atom. The molecule has 1 amide bonds. The van der Waals surface area contributed by atoms with Crippen LogP contribution in [0.1, 0.15) is 5.56 Å². The molecule has 2 aromatic rings. The summed E-state index contributed by atoms with van der Waals surface area (Å²) in [6, 6.07) is 3.34. The third kappa shape index (κ3) is 3.73. The number of methoxy groups -OCH3 is 3. The standard InChI is InChI=1S/C18H21N3O5S/c1-10-7-19-18-21(17(10)23)8-11(9-27-18)16(22)20-12-5-13(24-2)15(26-4)14(6-12)25-3/h5-7,11H,8-9H2,1-4H3,(H,20,22). The topological polar surface area (TPSA) is 91.7 Å². The molecule has 2 heterocycles. The average Bonchev–Trinajstić information content (AvgIpc) is 2.69. The minimum absolute atomic E-state index is 0.113. The zero-order chi connectivity index (χ0) is 19.6. The molecule has 1 aromatic carbocycles. The number of fused-ring (bicyclic) bond motifs is 1. The molecule has 27 heavy (non-hydrogen) atoms. The Morgan fingerprint density at radius 3 is 2.48 bits per heavy atom. The smallest absolute Gasteiger partial charge is 0.257 e. The first kappa shape index (κ1) is 19.1. The summed E-state index contributed by atoms with van der Waals surface area (Å²) in [5, 5.41) is 3.51. The number of rotatable bonds is 5. The van der Waals surface area contributed by atoms with Gasteiger partial charge in [0.05, 0.1) is 27.2 Å². The summed E-state index contributed by atoms with van der Waals surface area (Å²) in [6.45, 7) is 2.01. The number of hydrogen-bond donors (Lipinski definition) is 1. The molecule has 9 heteroatoms. The van der Waals surface area contributed by atoms with Gasteiger partial charge in [0.2, 0.25) is 11.7 Å². The van der Waals surface area contributed by atoms with Crippen LogP contribution in [0.15, 0.2) is 28.3 Å². The molecule has 1 atom stereocenters. The van der Waals surface area contributed by atoms with Crippen molar-refractivity contribution in [3.63, 3.8) is 0 Å². The zero-order valence-electron chi connectivity index (χ0n) is 15.6. The average molecular weight is 391 g/mol. The Balaban J connectivity index is 1.82. The van der Waals surface area contributed by atoms with E-state index in [1.54, 1.807) is 29.8 Å². The SMILES string of the molecule is COc1cc(NC(=O)C2CSc3ncc(C)c(=O)n3C2)cc(OC)c1OC. The van der Waals surface area contributed by atoms with Crippen LogP contribution in [0.3, 0.4) is 0 Å². The minimum Gasteiger partial charge on any atom is -0.493 e. The number of amides is 1.